The van der Waals surface area contributed by atoms with Crippen LogP contribution in [-0.2, 0) is 5.60 Å². The molecule has 16 heavy (non-hydrogen) atoms. The van der Waals surface area contributed by atoms with Crippen LogP contribution in [0.4, 0.5) is 0 Å². The van der Waals surface area contributed by atoms with E-state index in [1.165, 1.54) is 0 Å². The third-order valence-corrected chi connectivity index (χ3v) is 2.94. The van der Waals surface area contributed by atoms with Crippen molar-refractivity contribution in [1.29, 1.82) is 0 Å². The van der Waals surface area contributed by atoms with Crippen molar-refractivity contribution in [2.45, 2.75) is 18.4 Å². The molecular weight excluding hydrogens is 243 g/mol. The fourth-order valence-electron chi connectivity index (χ4n) is 1.65. The molecule has 0 unspecified atom stereocenters. The minimum atomic E-state index is -1.05. The van der Waals surface area contributed by atoms with E-state index in [4.69, 9.17) is 23.2 Å². The summed E-state index contributed by atoms with van der Waals surface area (Å²) in [5.41, 5.74) is -0.399. The van der Waals surface area contributed by atoms with E-state index >= 15 is 0 Å². The number of hydrogen-bond acceptors (Lipinski definition) is 1. The van der Waals surface area contributed by atoms with Gasteiger partial charge >= 0.3 is 0 Å². The Kier molecular flexibility index (Phi) is 4.60. The highest BCUT2D eigenvalue weighted by atomic mass is 35.5. The van der Waals surface area contributed by atoms with Crippen molar-refractivity contribution in [3.63, 3.8) is 0 Å². The summed E-state index contributed by atoms with van der Waals surface area (Å²) in [6.45, 7) is 7.27. The largest absolute Gasteiger partial charge is 0.384 e. The number of halogens is 2. The van der Waals surface area contributed by atoms with E-state index in [9.17, 15) is 5.11 Å². The first-order chi connectivity index (χ1) is 7.53. The Morgan fingerprint density at radius 3 is 2.19 bits per heavy atom. The molecule has 0 aliphatic heterocycles. The highest BCUT2D eigenvalue weighted by Crippen LogP contribution is 2.35. The van der Waals surface area contributed by atoms with E-state index in [-0.39, 0.29) is 0 Å². The summed E-state index contributed by atoms with van der Waals surface area (Å²) in [7, 11) is 0. The molecule has 0 aromatic heterocycles. The molecule has 1 rings (SSSR count). The fraction of sp³-hybridized carbons (Fsp3) is 0.231. The lowest BCUT2D eigenvalue weighted by molar-refractivity contribution is 0.0431. The molecule has 0 atom stereocenters. The van der Waals surface area contributed by atoms with Gasteiger partial charge < -0.3 is 5.11 Å². The molecule has 1 aromatic carbocycles. The number of benzene rings is 1. The van der Waals surface area contributed by atoms with Gasteiger partial charge in [0.2, 0.25) is 0 Å². The van der Waals surface area contributed by atoms with Crippen LogP contribution in [0.25, 0.3) is 0 Å². The molecule has 3 heteroatoms. The van der Waals surface area contributed by atoms with Gasteiger partial charge in [-0.1, -0.05) is 41.4 Å². The zero-order valence-corrected chi connectivity index (χ0v) is 10.4. The summed E-state index contributed by atoms with van der Waals surface area (Å²) >= 11 is 11.9. The smallest absolute Gasteiger partial charge is 0.0979 e. The van der Waals surface area contributed by atoms with Gasteiger partial charge in [0.1, 0.15) is 0 Å². The molecule has 0 spiro atoms. The molecule has 0 bridgehead atoms. The molecule has 0 heterocycles. The molecule has 0 saturated carbocycles. The summed E-state index contributed by atoms with van der Waals surface area (Å²) in [5.74, 6) is 0. The van der Waals surface area contributed by atoms with Crippen LogP contribution >= 0.6 is 23.2 Å². The lowest BCUT2D eigenvalue weighted by Gasteiger charge is -2.27. The summed E-state index contributed by atoms with van der Waals surface area (Å²) < 4.78 is 0. The van der Waals surface area contributed by atoms with Gasteiger partial charge in [-0.2, -0.15) is 0 Å². The van der Waals surface area contributed by atoms with Crippen LogP contribution < -0.4 is 0 Å². The second-order valence-corrected chi connectivity index (χ2v) is 4.48. The van der Waals surface area contributed by atoms with E-state index < -0.39 is 5.60 Å². The standard InChI is InChI=1S/C13H14Cl2O/c1-3-7-13(16,8-4-2)11-6-5-10(14)9-12(11)15/h3-6,9,16H,1-2,7-8H2. The lowest BCUT2D eigenvalue weighted by atomic mass is 9.87. The second kappa shape index (κ2) is 5.53. The number of aliphatic hydroxyl groups is 1. The lowest BCUT2D eigenvalue weighted by Crippen LogP contribution is -2.24. The van der Waals surface area contributed by atoms with Gasteiger partial charge in [0.15, 0.2) is 0 Å². The Morgan fingerprint density at radius 2 is 1.75 bits per heavy atom. The predicted molar refractivity (Wildman–Crippen MR) is 70.0 cm³/mol. The van der Waals surface area contributed by atoms with Crippen LogP contribution in [-0.4, -0.2) is 5.11 Å². The van der Waals surface area contributed by atoms with E-state index in [0.717, 1.165) is 0 Å². The molecule has 1 N–H and O–H groups in total. The summed E-state index contributed by atoms with van der Waals surface area (Å²) in [6, 6.07) is 5.06. The summed E-state index contributed by atoms with van der Waals surface area (Å²) in [6.07, 6.45) is 4.16. The van der Waals surface area contributed by atoms with Gasteiger partial charge in [-0.05, 0) is 25.0 Å². The fourth-order valence-corrected chi connectivity index (χ4v) is 2.23. The molecule has 1 aromatic rings. The van der Waals surface area contributed by atoms with Crippen molar-refractivity contribution in [2.24, 2.45) is 0 Å². The van der Waals surface area contributed by atoms with Crippen molar-refractivity contribution in [1.82, 2.24) is 0 Å². The quantitative estimate of drug-likeness (QED) is 0.778. The van der Waals surface area contributed by atoms with Gasteiger partial charge in [0, 0.05) is 15.6 Å². The average Bonchev–Trinajstić information content (AvgIpc) is 2.17. The van der Waals surface area contributed by atoms with Crippen LogP contribution in [0, 0.1) is 0 Å². The maximum absolute atomic E-state index is 10.5. The maximum atomic E-state index is 10.5. The van der Waals surface area contributed by atoms with Crippen molar-refractivity contribution < 1.29 is 5.11 Å². The first-order valence-electron chi connectivity index (χ1n) is 4.93. The highest BCUT2D eigenvalue weighted by Gasteiger charge is 2.28. The molecule has 1 nitrogen and oxygen atoms in total. The molecule has 0 radical (unpaired) electrons. The van der Waals surface area contributed by atoms with Gasteiger partial charge in [-0.3, -0.25) is 0 Å². The van der Waals surface area contributed by atoms with Crippen LogP contribution in [0.3, 0.4) is 0 Å². The Morgan fingerprint density at radius 1 is 1.19 bits per heavy atom. The van der Waals surface area contributed by atoms with E-state index in [1.54, 1.807) is 30.4 Å². The Labute approximate surface area is 106 Å². The van der Waals surface area contributed by atoms with E-state index in [0.29, 0.717) is 28.5 Å². The maximum Gasteiger partial charge on any atom is 0.0979 e. The third kappa shape index (κ3) is 2.88. The molecule has 0 fully saturated rings. The van der Waals surface area contributed by atoms with Crippen LogP contribution in [0.5, 0.6) is 0 Å². The molecular formula is C13H14Cl2O. The molecule has 86 valence electrons. The highest BCUT2D eigenvalue weighted by molar-refractivity contribution is 6.35. The van der Waals surface area contributed by atoms with Crippen LogP contribution in [0.15, 0.2) is 43.5 Å². The molecule has 0 amide bonds. The summed E-state index contributed by atoms with van der Waals surface area (Å²) in [4.78, 5) is 0. The van der Waals surface area contributed by atoms with Gasteiger partial charge in [0.05, 0.1) is 5.60 Å². The van der Waals surface area contributed by atoms with E-state index in [1.807, 2.05) is 0 Å². The van der Waals surface area contributed by atoms with Crippen molar-refractivity contribution in [3.05, 3.63) is 59.1 Å². The summed E-state index contributed by atoms with van der Waals surface area (Å²) in [5, 5.41) is 11.5. The Bertz CT molecular complexity index is 389. The van der Waals surface area contributed by atoms with Gasteiger partial charge in [-0.15, -0.1) is 13.2 Å². The normalized spacial score (nSPS) is 11.2. The molecule has 0 aliphatic carbocycles. The van der Waals surface area contributed by atoms with Gasteiger partial charge in [-0.25, -0.2) is 0 Å². The Balaban J connectivity index is 3.19. The SMILES string of the molecule is C=CCC(O)(CC=C)c1ccc(Cl)cc1Cl. The Hall–Kier alpha value is -0.760. The molecule has 0 aliphatic rings. The van der Waals surface area contributed by atoms with Crippen molar-refractivity contribution >= 4 is 23.2 Å². The first-order valence-corrected chi connectivity index (χ1v) is 5.69. The number of rotatable bonds is 5. The third-order valence-electron chi connectivity index (χ3n) is 2.40. The minimum absolute atomic E-state index is 0.417. The van der Waals surface area contributed by atoms with Crippen molar-refractivity contribution in [3.8, 4) is 0 Å². The van der Waals surface area contributed by atoms with E-state index in [2.05, 4.69) is 13.2 Å². The second-order valence-electron chi connectivity index (χ2n) is 3.64. The minimum Gasteiger partial charge on any atom is -0.384 e. The van der Waals surface area contributed by atoms with Crippen molar-refractivity contribution in [2.75, 3.05) is 0 Å². The van der Waals surface area contributed by atoms with Crippen LogP contribution in [0.2, 0.25) is 10.0 Å². The topological polar surface area (TPSA) is 20.2 Å². The predicted octanol–water partition coefficient (Wildman–Crippen LogP) is 4.33. The number of hydrogen-bond donors (Lipinski definition) is 1. The van der Waals surface area contributed by atoms with Gasteiger partial charge in [0.25, 0.3) is 0 Å². The monoisotopic (exact) mass is 256 g/mol. The zero-order valence-electron chi connectivity index (χ0n) is 8.92. The molecule has 0 saturated heterocycles. The van der Waals surface area contributed by atoms with Crippen LogP contribution in [0.1, 0.15) is 18.4 Å². The first kappa shape index (κ1) is 13.3. The average molecular weight is 257 g/mol. The zero-order chi connectivity index (χ0) is 12.2.